The van der Waals surface area contributed by atoms with Gasteiger partial charge in [0, 0.05) is 5.69 Å². The first-order valence-electron chi connectivity index (χ1n) is 6.09. The molecule has 19 heavy (non-hydrogen) atoms. The normalized spacial score (nSPS) is 10.9. The lowest BCUT2D eigenvalue weighted by Crippen LogP contribution is -2.27. The van der Waals surface area contributed by atoms with E-state index >= 15 is 0 Å². The van der Waals surface area contributed by atoms with Gasteiger partial charge in [-0.3, -0.25) is 5.32 Å². The van der Waals surface area contributed by atoms with Crippen LogP contribution in [0.3, 0.4) is 0 Å². The molecule has 0 radical (unpaired) electrons. The van der Waals surface area contributed by atoms with Crippen molar-refractivity contribution in [2.75, 3.05) is 5.32 Å². The molecule has 1 aromatic carbocycles. The Labute approximate surface area is 112 Å². The molecule has 5 nitrogen and oxygen atoms in total. The summed E-state index contributed by atoms with van der Waals surface area (Å²) in [6, 6.07) is 4.67. The summed E-state index contributed by atoms with van der Waals surface area (Å²) in [6.07, 6.45) is 0.0171. The van der Waals surface area contributed by atoms with Crippen molar-refractivity contribution in [2.45, 2.75) is 39.7 Å². The van der Waals surface area contributed by atoms with Gasteiger partial charge < -0.3 is 9.84 Å². The van der Waals surface area contributed by atoms with E-state index in [0.29, 0.717) is 17.7 Å². The molecule has 104 valence electrons. The predicted octanol–water partition coefficient (Wildman–Crippen LogP) is 3.29. The smallest absolute Gasteiger partial charge is 0.412 e. The Kier molecular flexibility index (Phi) is 4.53. The highest BCUT2D eigenvalue weighted by atomic mass is 16.6. The molecule has 0 aromatic heterocycles. The van der Waals surface area contributed by atoms with Gasteiger partial charge in [-0.1, -0.05) is 6.92 Å². The summed E-state index contributed by atoms with van der Waals surface area (Å²) < 4.78 is 5.13. The van der Waals surface area contributed by atoms with Crippen LogP contribution in [0.25, 0.3) is 0 Å². The molecule has 1 amide bonds. The standard InChI is InChI=1S/C14H19NO4/c1-5-9-8-10(6-7-11(9)12(16)17)15-13(18)19-14(2,3)4/h6-8H,5H2,1-4H3,(H,15,18)(H,16,17). The maximum atomic E-state index is 11.6. The summed E-state index contributed by atoms with van der Waals surface area (Å²) in [5.41, 5.74) is 0.868. The van der Waals surface area contributed by atoms with E-state index in [-0.39, 0.29) is 5.56 Å². The van der Waals surface area contributed by atoms with Crippen molar-refractivity contribution < 1.29 is 19.4 Å². The number of carbonyl (C=O) groups is 2. The third-order valence-corrected chi connectivity index (χ3v) is 2.36. The van der Waals surface area contributed by atoms with Gasteiger partial charge in [-0.2, -0.15) is 0 Å². The van der Waals surface area contributed by atoms with E-state index < -0.39 is 17.7 Å². The molecule has 0 fully saturated rings. The number of carbonyl (C=O) groups excluding carboxylic acids is 1. The van der Waals surface area contributed by atoms with E-state index in [0.717, 1.165) is 0 Å². The Morgan fingerprint density at radius 1 is 1.32 bits per heavy atom. The number of carboxylic acids is 1. The summed E-state index contributed by atoms with van der Waals surface area (Å²) in [6.45, 7) is 7.19. The maximum absolute atomic E-state index is 11.6. The van der Waals surface area contributed by atoms with Crippen LogP contribution in [0.15, 0.2) is 18.2 Å². The van der Waals surface area contributed by atoms with E-state index in [2.05, 4.69) is 5.32 Å². The van der Waals surface area contributed by atoms with Crippen LogP contribution in [0, 0.1) is 0 Å². The Bertz CT molecular complexity index is 489. The number of aryl methyl sites for hydroxylation is 1. The lowest BCUT2D eigenvalue weighted by atomic mass is 10.0. The summed E-state index contributed by atoms with van der Waals surface area (Å²) in [5, 5.41) is 11.6. The monoisotopic (exact) mass is 265 g/mol. The number of hydrogen-bond donors (Lipinski definition) is 2. The SMILES string of the molecule is CCc1cc(NC(=O)OC(C)(C)C)ccc1C(=O)O. The van der Waals surface area contributed by atoms with Crippen molar-refractivity contribution in [1.29, 1.82) is 0 Å². The lowest BCUT2D eigenvalue weighted by molar-refractivity contribution is 0.0634. The van der Waals surface area contributed by atoms with Gasteiger partial charge in [-0.25, -0.2) is 9.59 Å². The minimum atomic E-state index is -0.972. The van der Waals surface area contributed by atoms with Gasteiger partial charge >= 0.3 is 12.1 Å². The molecule has 5 heteroatoms. The topological polar surface area (TPSA) is 75.6 Å². The van der Waals surface area contributed by atoms with Crippen molar-refractivity contribution in [1.82, 2.24) is 0 Å². The summed E-state index contributed by atoms with van der Waals surface area (Å²) >= 11 is 0. The first-order chi connectivity index (χ1) is 8.73. The van der Waals surface area contributed by atoms with Crippen molar-refractivity contribution in [2.24, 2.45) is 0 Å². The van der Waals surface area contributed by atoms with Crippen LogP contribution in [-0.2, 0) is 11.2 Å². The number of anilines is 1. The predicted molar refractivity (Wildman–Crippen MR) is 72.6 cm³/mol. The number of rotatable bonds is 3. The number of amides is 1. The fourth-order valence-electron chi connectivity index (χ4n) is 1.59. The van der Waals surface area contributed by atoms with Crippen molar-refractivity contribution in [3.05, 3.63) is 29.3 Å². The largest absolute Gasteiger partial charge is 0.478 e. The number of nitrogens with one attached hydrogen (secondary N) is 1. The Morgan fingerprint density at radius 3 is 2.42 bits per heavy atom. The highest BCUT2D eigenvalue weighted by Gasteiger charge is 2.17. The van der Waals surface area contributed by atoms with Gasteiger partial charge in [0.1, 0.15) is 5.60 Å². The Morgan fingerprint density at radius 2 is 1.95 bits per heavy atom. The molecule has 0 aliphatic heterocycles. The number of ether oxygens (including phenoxy) is 1. The van der Waals surface area contributed by atoms with Crippen LogP contribution in [0.5, 0.6) is 0 Å². The van der Waals surface area contributed by atoms with Crippen LogP contribution >= 0.6 is 0 Å². The van der Waals surface area contributed by atoms with E-state index in [1.54, 1.807) is 32.9 Å². The zero-order valence-corrected chi connectivity index (χ0v) is 11.6. The van der Waals surface area contributed by atoms with Gasteiger partial charge in [0.15, 0.2) is 0 Å². The molecule has 0 aliphatic rings. The van der Waals surface area contributed by atoms with E-state index in [4.69, 9.17) is 9.84 Å². The van der Waals surface area contributed by atoms with Gasteiger partial charge in [-0.15, -0.1) is 0 Å². The highest BCUT2D eigenvalue weighted by Crippen LogP contribution is 2.18. The second-order valence-electron chi connectivity index (χ2n) is 5.16. The van der Waals surface area contributed by atoms with Crippen molar-refractivity contribution in [3.63, 3.8) is 0 Å². The number of benzene rings is 1. The van der Waals surface area contributed by atoms with Crippen molar-refractivity contribution in [3.8, 4) is 0 Å². The van der Waals surface area contributed by atoms with Crippen molar-refractivity contribution >= 4 is 17.7 Å². The Hall–Kier alpha value is -2.04. The Balaban J connectivity index is 2.86. The zero-order chi connectivity index (χ0) is 14.6. The minimum Gasteiger partial charge on any atom is -0.478 e. The minimum absolute atomic E-state index is 0.247. The van der Waals surface area contributed by atoms with E-state index in [9.17, 15) is 9.59 Å². The molecule has 1 aromatic rings. The molecular weight excluding hydrogens is 246 g/mol. The zero-order valence-electron chi connectivity index (χ0n) is 11.6. The fourth-order valence-corrected chi connectivity index (χ4v) is 1.59. The van der Waals surface area contributed by atoms with E-state index in [1.165, 1.54) is 6.07 Å². The van der Waals surface area contributed by atoms with Crippen LogP contribution in [0.4, 0.5) is 10.5 Å². The van der Waals surface area contributed by atoms with E-state index in [1.807, 2.05) is 6.92 Å². The molecular formula is C14H19NO4. The summed E-state index contributed by atoms with van der Waals surface area (Å²) in [4.78, 5) is 22.6. The number of hydrogen-bond acceptors (Lipinski definition) is 3. The van der Waals surface area contributed by atoms with Gasteiger partial charge in [-0.05, 0) is 51.0 Å². The molecule has 1 rings (SSSR count). The fraction of sp³-hybridized carbons (Fsp3) is 0.429. The average molecular weight is 265 g/mol. The molecule has 0 atom stereocenters. The molecule has 0 bridgehead atoms. The second kappa shape index (κ2) is 5.73. The molecule has 2 N–H and O–H groups in total. The van der Waals surface area contributed by atoms with Gasteiger partial charge in [0.05, 0.1) is 5.56 Å². The van der Waals surface area contributed by atoms with Gasteiger partial charge in [0.2, 0.25) is 0 Å². The third-order valence-electron chi connectivity index (χ3n) is 2.36. The van der Waals surface area contributed by atoms with Crippen LogP contribution in [0.2, 0.25) is 0 Å². The first-order valence-corrected chi connectivity index (χ1v) is 6.09. The van der Waals surface area contributed by atoms with Gasteiger partial charge in [0.25, 0.3) is 0 Å². The molecule has 0 heterocycles. The first kappa shape index (κ1) is 15.0. The molecule has 0 unspecified atom stereocenters. The summed E-state index contributed by atoms with van der Waals surface area (Å²) in [7, 11) is 0. The third kappa shape index (κ3) is 4.62. The van der Waals surface area contributed by atoms with Crippen LogP contribution in [-0.4, -0.2) is 22.8 Å². The second-order valence-corrected chi connectivity index (χ2v) is 5.16. The molecule has 0 aliphatic carbocycles. The molecule has 0 spiro atoms. The van der Waals surface area contributed by atoms with Crippen LogP contribution < -0.4 is 5.32 Å². The molecule has 0 saturated heterocycles. The summed E-state index contributed by atoms with van der Waals surface area (Å²) in [5.74, 6) is -0.972. The quantitative estimate of drug-likeness (QED) is 0.879. The maximum Gasteiger partial charge on any atom is 0.412 e. The van der Waals surface area contributed by atoms with Crippen LogP contribution in [0.1, 0.15) is 43.6 Å². The highest BCUT2D eigenvalue weighted by molar-refractivity contribution is 5.91. The molecule has 0 saturated carbocycles. The number of aromatic carboxylic acids is 1. The number of carboxylic acid groups (broad SMARTS) is 1. The lowest BCUT2D eigenvalue weighted by Gasteiger charge is -2.20. The average Bonchev–Trinajstić information content (AvgIpc) is 2.25.